The van der Waals surface area contributed by atoms with Crippen molar-refractivity contribution in [3.05, 3.63) is 86.6 Å². The zero-order chi connectivity index (χ0) is 11.4. The van der Waals surface area contributed by atoms with Gasteiger partial charge in [-0.1, -0.05) is 12.5 Å². The first-order valence-corrected chi connectivity index (χ1v) is 5.57. The normalized spacial score (nSPS) is 8.32. The molecule has 0 radical (unpaired) electrons. The fraction of sp³-hybridized carbons (Fsp3) is 0.111. The van der Waals surface area contributed by atoms with Gasteiger partial charge in [-0.2, -0.15) is 30.3 Å². The molecule has 0 spiro atoms. The molecule has 0 aliphatic rings. The van der Waals surface area contributed by atoms with Crippen LogP contribution in [0, 0.1) is 28.7 Å². The van der Waals surface area contributed by atoms with Crippen LogP contribution in [0.2, 0.25) is 0 Å². The summed E-state index contributed by atoms with van der Waals surface area (Å²) >= 11 is 0. The van der Waals surface area contributed by atoms with Crippen LogP contribution in [-0.2, 0) is 26.2 Å². The average molecular weight is 330 g/mol. The smallest absolute Gasteiger partial charge is 0.358 e. The summed E-state index contributed by atoms with van der Waals surface area (Å²) in [5.41, 5.74) is 2.71. The van der Waals surface area contributed by atoms with Crippen LogP contribution in [0.15, 0.2) is 60.7 Å². The standard InChI is InChI=1S/C11H11.C5H5.2CH3.Zr/c1-8-3-6-11-9(2)4-5-10(11)7-8;1-2-4-5-3-1;;;/h3-7H,1-2H3;1-5H;2*1H3;/q4*-1;+4. The van der Waals surface area contributed by atoms with E-state index in [9.17, 15) is 0 Å². The number of rotatable bonds is 0. The first kappa shape index (κ1) is 20.4. The van der Waals surface area contributed by atoms with E-state index in [-0.39, 0.29) is 41.1 Å². The molecule has 0 saturated heterocycles. The molecule has 0 unspecified atom stereocenters. The Morgan fingerprint density at radius 2 is 1.63 bits per heavy atom. The largest absolute Gasteiger partial charge is 4.00 e. The van der Waals surface area contributed by atoms with Crippen LogP contribution in [0.25, 0.3) is 10.8 Å². The molecule has 0 saturated carbocycles. The van der Waals surface area contributed by atoms with Crippen LogP contribution in [-0.4, -0.2) is 0 Å². The van der Waals surface area contributed by atoms with Gasteiger partial charge in [-0.25, -0.2) is 12.1 Å². The SMILES string of the molecule is Cc1ccc2c(cc[c-]2C)c1.[CH3-].[CH3-].[Zr+4].c1cc[cH-]c1. The van der Waals surface area contributed by atoms with E-state index < -0.39 is 0 Å². The molecule has 3 aromatic carbocycles. The van der Waals surface area contributed by atoms with Gasteiger partial charge >= 0.3 is 26.2 Å². The Balaban J connectivity index is 0. The zero-order valence-electron chi connectivity index (χ0n) is 12.3. The van der Waals surface area contributed by atoms with Crippen molar-refractivity contribution in [1.82, 2.24) is 0 Å². The van der Waals surface area contributed by atoms with Gasteiger partial charge in [0.1, 0.15) is 0 Å². The van der Waals surface area contributed by atoms with Crippen molar-refractivity contribution in [2.75, 3.05) is 0 Å². The van der Waals surface area contributed by atoms with Gasteiger partial charge in [0.25, 0.3) is 0 Å². The quantitative estimate of drug-likeness (QED) is 0.479. The number of hydrogen-bond donors (Lipinski definition) is 0. The topological polar surface area (TPSA) is 0 Å². The summed E-state index contributed by atoms with van der Waals surface area (Å²) in [4.78, 5) is 0. The summed E-state index contributed by atoms with van der Waals surface area (Å²) in [6, 6.07) is 20.9. The minimum absolute atomic E-state index is 0. The van der Waals surface area contributed by atoms with Gasteiger partial charge in [0, 0.05) is 0 Å². The van der Waals surface area contributed by atoms with E-state index in [2.05, 4.69) is 44.2 Å². The van der Waals surface area contributed by atoms with Crippen molar-refractivity contribution in [3.63, 3.8) is 0 Å². The molecular weight excluding hydrogens is 307 g/mol. The molecule has 0 aliphatic heterocycles. The van der Waals surface area contributed by atoms with E-state index in [1.807, 2.05) is 30.3 Å². The maximum absolute atomic E-state index is 2.22. The van der Waals surface area contributed by atoms with Crippen molar-refractivity contribution in [3.8, 4) is 0 Å². The first-order valence-electron chi connectivity index (χ1n) is 5.57. The Kier molecular flexibility index (Phi) is 10.6. The molecular formula is C18H22Zr. The molecule has 3 rings (SSSR count). The summed E-state index contributed by atoms with van der Waals surface area (Å²) in [7, 11) is 0. The van der Waals surface area contributed by atoms with Crippen LogP contribution >= 0.6 is 0 Å². The van der Waals surface area contributed by atoms with E-state index >= 15 is 0 Å². The van der Waals surface area contributed by atoms with E-state index in [0.717, 1.165) is 0 Å². The third-order valence-corrected chi connectivity index (χ3v) is 2.70. The number of benzene rings is 1. The number of aryl methyl sites for hydroxylation is 2. The first-order chi connectivity index (χ1) is 7.77. The Bertz CT molecular complexity index is 527. The van der Waals surface area contributed by atoms with Crippen molar-refractivity contribution in [2.24, 2.45) is 0 Å². The molecule has 0 heterocycles. The van der Waals surface area contributed by atoms with Gasteiger partial charge in [0.2, 0.25) is 0 Å². The molecule has 0 atom stereocenters. The molecule has 3 aromatic rings. The van der Waals surface area contributed by atoms with E-state index in [1.165, 1.54) is 21.9 Å². The number of fused-ring (bicyclic) bond motifs is 1. The minimum Gasteiger partial charge on any atom is -0.358 e. The minimum atomic E-state index is 0. The summed E-state index contributed by atoms with van der Waals surface area (Å²) in [6.45, 7) is 4.28. The van der Waals surface area contributed by atoms with Crippen LogP contribution in [0.5, 0.6) is 0 Å². The van der Waals surface area contributed by atoms with Crippen molar-refractivity contribution < 1.29 is 26.2 Å². The summed E-state index contributed by atoms with van der Waals surface area (Å²) in [5.74, 6) is 0. The monoisotopic (exact) mass is 328 g/mol. The Labute approximate surface area is 137 Å². The Morgan fingerprint density at radius 3 is 2.16 bits per heavy atom. The van der Waals surface area contributed by atoms with E-state index in [4.69, 9.17) is 0 Å². The predicted molar refractivity (Wildman–Crippen MR) is 83.9 cm³/mol. The van der Waals surface area contributed by atoms with Crippen molar-refractivity contribution in [1.29, 1.82) is 0 Å². The van der Waals surface area contributed by atoms with Gasteiger partial charge < -0.3 is 14.9 Å². The van der Waals surface area contributed by atoms with Crippen LogP contribution in [0.3, 0.4) is 0 Å². The predicted octanol–water partition coefficient (Wildman–Crippen LogP) is 5.48. The molecule has 0 fully saturated rings. The molecule has 0 bridgehead atoms. The molecule has 0 aliphatic carbocycles. The third-order valence-electron chi connectivity index (χ3n) is 2.70. The Hall–Kier alpha value is -0.937. The zero-order valence-corrected chi connectivity index (χ0v) is 14.7. The van der Waals surface area contributed by atoms with Gasteiger partial charge in [-0.3, -0.25) is 0 Å². The molecule has 0 aromatic heterocycles. The second kappa shape index (κ2) is 9.92. The van der Waals surface area contributed by atoms with Crippen LogP contribution in [0.1, 0.15) is 11.1 Å². The average Bonchev–Trinajstić information content (AvgIpc) is 2.92. The van der Waals surface area contributed by atoms with Gasteiger partial charge in [-0.05, 0) is 6.92 Å². The maximum atomic E-state index is 2.22. The van der Waals surface area contributed by atoms with Gasteiger partial charge in [-0.15, -0.1) is 34.5 Å². The van der Waals surface area contributed by atoms with E-state index in [0.29, 0.717) is 0 Å². The van der Waals surface area contributed by atoms with Gasteiger partial charge in [0.05, 0.1) is 0 Å². The summed E-state index contributed by atoms with van der Waals surface area (Å²) < 4.78 is 0. The fourth-order valence-electron chi connectivity index (χ4n) is 1.80. The second-order valence-electron chi connectivity index (χ2n) is 4.07. The molecule has 0 N–H and O–H groups in total. The third kappa shape index (κ3) is 5.70. The molecule has 19 heavy (non-hydrogen) atoms. The molecule has 0 nitrogen and oxygen atoms in total. The van der Waals surface area contributed by atoms with Crippen LogP contribution < -0.4 is 0 Å². The molecule has 0 amide bonds. The van der Waals surface area contributed by atoms with Crippen molar-refractivity contribution >= 4 is 10.8 Å². The van der Waals surface area contributed by atoms with Crippen LogP contribution in [0.4, 0.5) is 0 Å². The molecule has 1 heteroatoms. The fourth-order valence-corrected chi connectivity index (χ4v) is 1.80. The maximum Gasteiger partial charge on any atom is 4.00 e. The van der Waals surface area contributed by atoms with E-state index in [1.54, 1.807) is 0 Å². The summed E-state index contributed by atoms with van der Waals surface area (Å²) in [5, 5.41) is 2.75. The van der Waals surface area contributed by atoms with Crippen molar-refractivity contribution in [2.45, 2.75) is 13.8 Å². The second-order valence-corrected chi connectivity index (χ2v) is 4.07. The van der Waals surface area contributed by atoms with Gasteiger partial charge in [0.15, 0.2) is 0 Å². The molecule has 98 valence electrons. The summed E-state index contributed by atoms with van der Waals surface area (Å²) in [6.07, 6.45) is 0. The Morgan fingerprint density at radius 1 is 1.00 bits per heavy atom. The number of hydrogen-bond acceptors (Lipinski definition) is 0.